The molecule has 12 heavy (non-hydrogen) atoms. The standard InChI is InChI=1S/C12H16/c1-9-8-12(9)10(2)11-6-4-3-5-7-11/h3-7,9-10,12H,8H2,1-2H3/t9-,10-,12-/m0/s1. The van der Waals surface area contributed by atoms with Gasteiger partial charge >= 0.3 is 0 Å². The fourth-order valence-corrected chi connectivity index (χ4v) is 2.05. The Morgan fingerprint density at radius 1 is 1.25 bits per heavy atom. The van der Waals surface area contributed by atoms with Crippen LogP contribution in [0.15, 0.2) is 30.3 Å². The van der Waals surface area contributed by atoms with Crippen LogP contribution in [0, 0.1) is 11.8 Å². The maximum atomic E-state index is 2.35. The number of benzene rings is 1. The van der Waals surface area contributed by atoms with Crippen LogP contribution in [0.4, 0.5) is 0 Å². The zero-order chi connectivity index (χ0) is 8.55. The van der Waals surface area contributed by atoms with Crippen molar-refractivity contribution in [1.29, 1.82) is 0 Å². The van der Waals surface area contributed by atoms with Crippen LogP contribution < -0.4 is 0 Å². The molecule has 1 aliphatic rings. The molecule has 3 atom stereocenters. The SMILES string of the molecule is C[C@H]1C[C@@H]1[C@@H](C)c1ccccc1. The molecule has 1 aromatic rings. The van der Waals surface area contributed by atoms with Crippen LogP contribution in [0.2, 0.25) is 0 Å². The van der Waals surface area contributed by atoms with E-state index in [0.717, 1.165) is 17.8 Å². The predicted octanol–water partition coefficient (Wildman–Crippen LogP) is 3.45. The molecule has 2 rings (SSSR count). The van der Waals surface area contributed by atoms with Crippen LogP contribution in [0.1, 0.15) is 31.7 Å². The van der Waals surface area contributed by atoms with E-state index in [2.05, 4.69) is 44.2 Å². The van der Waals surface area contributed by atoms with E-state index in [1.807, 2.05) is 0 Å². The molecule has 0 spiro atoms. The highest BCUT2D eigenvalue weighted by molar-refractivity contribution is 5.21. The van der Waals surface area contributed by atoms with Crippen LogP contribution in [-0.4, -0.2) is 0 Å². The van der Waals surface area contributed by atoms with Crippen molar-refractivity contribution >= 4 is 0 Å². The maximum Gasteiger partial charge on any atom is -0.0159 e. The summed E-state index contributed by atoms with van der Waals surface area (Å²) in [5.74, 6) is 2.67. The predicted molar refractivity (Wildman–Crippen MR) is 52.1 cm³/mol. The van der Waals surface area contributed by atoms with Gasteiger partial charge in [0.05, 0.1) is 0 Å². The van der Waals surface area contributed by atoms with E-state index in [4.69, 9.17) is 0 Å². The Balaban J connectivity index is 2.10. The van der Waals surface area contributed by atoms with Crippen LogP contribution in [-0.2, 0) is 0 Å². The monoisotopic (exact) mass is 160 g/mol. The molecule has 0 nitrogen and oxygen atoms in total. The number of hydrogen-bond acceptors (Lipinski definition) is 0. The Morgan fingerprint density at radius 3 is 2.33 bits per heavy atom. The van der Waals surface area contributed by atoms with E-state index < -0.39 is 0 Å². The first-order valence-corrected chi connectivity index (χ1v) is 4.84. The fraction of sp³-hybridized carbons (Fsp3) is 0.500. The van der Waals surface area contributed by atoms with Crippen molar-refractivity contribution < 1.29 is 0 Å². The molecule has 0 aromatic heterocycles. The van der Waals surface area contributed by atoms with Crippen molar-refractivity contribution in [3.05, 3.63) is 35.9 Å². The van der Waals surface area contributed by atoms with Gasteiger partial charge in [-0.05, 0) is 29.7 Å². The molecule has 1 saturated carbocycles. The first-order valence-electron chi connectivity index (χ1n) is 4.84. The van der Waals surface area contributed by atoms with Crippen molar-refractivity contribution in [3.8, 4) is 0 Å². The normalized spacial score (nSPS) is 29.8. The first kappa shape index (κ1) is 7.85. The molecule has 1 aliphatic carbocycles. The molecule has 1 fully saturated rings. The van der Waals surface area contributed by atoms with Crippen LogP contribution in [0.25, 0.3) is 0 Å². The van der Waals surface area contributed by atoms with Gasteiger partial charge < -0.3 is 0 Å². The molecule has 0 unspecified atom stereocenters. The van der Waals surface area contributed by atoms with Crippen molar-refractivity contribution in [1.82, 2.24) is 0 Å². The van der Waals surface area contributed by atoms with E-state index in [-0.39, 0.29) is 0 Å². The highest BCUT2D eigenvalue weighted by Crippen LogP contribution is 2.47. The Morgan fingerprint density at radius 2 is 1.83 bits per heavy atom. The van der Waals surface area contributed by atoms with E-state index in [0.29, 0.717) is 0 Å². The summed E-state index contributed by atoms with van der Waals surface area (Å²) >= 11 is 0. The smallest absolute Gasteiger partial charge is 0.0159 e. The summed E-state index contributed by atoms with van der Waals surface area (Å²) < 4.78 is 0. The van der Waals surface area contributed by atoms with Crippen LogP contribution >= 0.6 is 0 Å². The van der Waals surface area contributed by atoms with Gasteiger partial charge in [0.25, 0.3) is 0 Å². The average molecular weight is 160 g/mol. The second kappa shape index (κ2) is 2.93. The summed E-state index contributed by atoms with van der Waals surface area (Å²) in [5.41, 5.74) is 1.51. The summed E-state index contributed by atoms with van der Waals surface area (Å²) in [5, 5.41) is 0. The summed E-state index contributed by atoms with van der Waals surface area (Å²) in [6.07, 6.45) is 1.43. The summed E-state index contributed by atoms with van der Waals surface area (Å²) in [6, 6.07) is 10.9. The lowest BCUT2D eigenvalue weighted by molar-refractivity contribution is 0.619. The topological polar surface area (TPSA) is 0 Å². The molecule has 0 heterocycles. The molecule has 0 N–H and O–H groups in total. The Kier molecular flexibility index (Phi) is 1.92. The third-order valence-electron chi connectivity index (χ3n) is 3.14. The Hall–Kier alpha value is -0.780. The van der Waals surface area contributed by atoms with Gasteiger partial charge in [0, 0.05) is 0 Å². The van der Waals surface area contributed by atoms with E-state index >= 15 is 0 Å². The van der Waals surface area contributed by atoms with Gasteiger partial charge in [0.1, 0.15) is 0 Å². The molecule has 64 valence electrons. The van der Waals surface area contributed by atoms with E-state index in [9.17, 15) is 0 Å². The lowest BCUT2D eigenvalue weighted by Crippen LogP contribution is -1.96. The molecule has 0 amide bonds. The molecule has 0 radical (unpaired) electrons. The van der Waals surface area contributed by atoms with Gasteiger partial charge in [-0.3, -0.25) is 0 Å². The van der Waals surface area contributed by atoms with Crippen molar-refractivity contribution in [2.75, 3.05) is 0 Å². The third kappa shape index (κ3) is 1.38. The highest BCUT2D eigenvalue weighted by Gasteiger charge is 2.37. The largest absolute Gasteiger partial charge is 0.0622 e. The maximum absolute atomic E-state index is 2.35. The quantitative estimate of drug-likeness (QED) is 0.621. The van der Waals surface area contributed by atoms with Crippen LogP contribution in [0.5, 0.6) is 0 Å². The Labute approximate surface area is 74.6 Å². The van der Waals surface area contributed by atoms with Gasteiger partial charge in [0.15, 0.2) is 0 Å². The number of rotatable bonds is 2. The van der Waals surface area contributed by atoms with Gasteiger partial charge in [0.2, 0.25) is 0 Å². The molecule has 0 saturated heterocycles. The summed E-state index contributed by atoms with van der Waals surface area (Å²) in [4.78, 5) is 0. The third-order valence-corrected chi connectivity index (χ3v) is 3.14. The summed E-state index contributed by atoms with van der Waals surface area (Å²) in [6.45, 7) is 4.70. The first-order chi connectivity index (χ1) is 5.79. The minimum Gasteiger partial charge on any atom is -0.0622 e. The Bertz CT molecular complexity index is 250. The van der Waals surface area contributed by atoms with Crippen molar-refractivity contribution in [2.45, 2.75) is 26.2 Å². The minimum absolute atomic E-state index is 0.765. The molecule has 0 aliphatic heterocycles. The minimum atomic E-state index is 0.765. The average Bonchev–Trinajstić information content (AvgIpc) is 2.83. The van der Waals surface area contributed by atoms with E-state index in [1.165, 1.54) is 12.0 Å². The second-order valence-corrected chi connectivity index (χ2v) is 4.08. The molecular weight excluding hydrogens is 144 g/mol. The number of hydrogen-bond donors (Lipinski definition) is 0. The van der Waals surface area contributed by atoms with E-state index in [1.54, 1.807) is 0 Å². The fourth-order valence-electron chi connectivity index (χ4n) is 2.05. The van der Waals surface area contributed by atoms with Gasteiger partial charge in [-0.25, -0.2) is 0 Å². The lowest BCUT2D eigenvalue weighted by Gasteiger charge is -2.09. The van der Waals surface area contributed by atoms with Gasteiger partial charge in [-0.15, -0.1) is 0 Å². The summed E-state index contributed by atoms with van der Waals surface area (Å²) in [7, 11) is 0. The molecule has 1 aromatic carbocycles. The second-order valence-electron chi connectivity index (χ2n) is 4.08. The zero-order valence-corrected chi connectivity index (χ0v) is 7.83. The van der Waals surface area contributed by atoms with Crippen LogP contribution in [0.3, 0.4) is 0 Å². The van der Waals surface area contributed by atoms with Crippen molar-refractivity contribution in [2.24, 2.45) is 11.8 Å². The zero-order valence-electron chi connectivity index (χ0n) is 7.83. The lowest BCUT2D eigenvalue weighted by atomic mass is 9.95. The molecule has 0 bridgehead atoms. The van der Waals surface area contributed by atoms with Gasteiger partial charge in [-0.2, -0.15) is 0 Å². The highest BCUT2D eigenvalue weighted by atomic mass is 14.4. The van der Waals surface area contributed by atoms with Crippen molar-refractivity contribution in [3.63, 3.8) is 0 Å². The molecule has 0 heteroatoms. The molecular formula is C12H16. The van der Waals surface area contributed by atoms with Gasteiger partial charge in [-0.1, -0.05) is 44.2 Å².